The van der Waals surface area contributed by atoms with Crippen molar-refractivity contribution < 1.29 is 14.3 Å². The Morgan fingerprint density at radius 3 is 2.61 bits per heavy atom. The van der Waals surface area contributed by atoms with Gasteiger partial charge in [0.1, 0.15) is 5.82 Å². The fourth-order valence-corrected chi connectivity index (χ4v) is 4.08. The third-order valence-corrected chi connectivity index (χ3v) is 5.74. The molecule has 0 saturated carbocycles. The first-order valence-corrected chi connectivity index (χ1v) is 9.80. The Bertz CT molecular complexity index is 1370. The number of aryl methyl sites for hydroxylation is 1. The summed E-state index contributed by atoms with van der Waals surface area (Å²) in [6, 6.07) is 13.9. The molecule has 1 N–H and O–H groups in total. The van der Waals surface area contributed by atoms with Gasteiger partial charge in [-0.05, 0) is 65.7 Å². The number of anilines is 2. The fraction of sp³-hybridized carbons (Fsp3) is 0.125. The van der Waals surface area contributed by atoms with Crippen molar-refractivity contribution >= 4 is 39.9 Å². The van der Waals surface area contributed by atoms with Gasteiger partial charge in [-0.3, -0.25) is 9.67 Å². The maximum atomic E-state index is 13.3. The molecule has 5 rings (SSSR count). The monoisotopic (exact) mass is 414 g/mol. The molecule has 1 aliphatic carbocycles. The highest BCUT2D eigenvalue weighted by Gasteiger charge is 2.24. The number of halogens is 1. The molecule has 0 aliphatic heterocycles. The van der Waals surface area contributed by atoms with E-state index >= 15 is 0 Å². The minimum Gasteiger partial charge on any atom is -0.478 e. The topological polar surface area (TPSA) is 71.2 Å². The predicted molar refractivity (Wildman–Crippen MR) is 118 cm³/mol. The fourth-order valence-electron chi connectivity index (χ4n) is 4.08. The molecular weight excluding hydrogens is 395 g/mol. The lowest BCUT2D eigenvalue weighted by molar-refractivity contribution is 0.0695. The number of carboxylic acid groups (broad SMARTS) is 1. The number of benzene rings is 2. The lowest BCUT2D eigenvalue weighted by atomic mass is 10.0. The quantitative estimate of drug-likeness (QED) is 0.525. The minimum absolute atomic E-state index is 0.268. The number of hydrogen-bond acceptors (Lipinski definition) is 4. The molecule has 0 spiro atoms. The van der Waals surface area contributed by atoms with Gasteiger partial charge in [-0.15, -0.1) is 0 Å². The van der Waals surface area contributed by atoms with Crippen molar-refractivity contribution in [1.82, 2.24) is 14.8 Å². The van der Waals surface area contributed by atoms with E-state index in [-0.39, 0.29) is 11.4 Å². The van der Waals surface area contributed by atoms with E-state index in [0.29, 0.717) is 12.1 Å². The summed E-state index contributed by atoms with van der Waals surface area (Å²) in [5.41, 5.74) is 6.23. The van der Waals surface area contributed by atoms with Gasteiger partial charge in [0.25, 0.3) is 0 Å². The number of rotatable bonds is 4. The van der Waals surface area contributed by atoms with Gasteiger partial charge in [-0.2, -0.15) is 5.10 Å². The molecule has 154 valence electrons. The van der Waals surface area contributed by atoms with Gasteiger partial charge >= 0.3 is 5.97 Å². The molecule has 0 unspecified atom stereocenters. The first-order valence-electron chi connectivity index (χ1n) is 9.80. The molecule has 6 nitrogen and oxygen atoms in total. The van der Waals surface area contributed by atoms with E-state index in [4.69, 9.17) is 5.10 Å². The molecule has 2 heterocycles. The normalized spacial score (nSPS) is 12.7. The van der Waals surface area contributed by atoms with Gasteiger partial charge < -0.3 is 10.0 Å². The van der Waals surface area contributed by atoms with Crippen molar-refractivity contribution in [2.75, 3.05) is 11.9 Å². The van der Waals surface area contributed by atoms with Crippen molar-refractivity contribution in [2.45, 2.75) is 6.42 Å². The zero-order valence-electron chi connectivity index (χ0n) is 17.0. The van der Waals surface area contributed by atoms with Crippen LogP contribution in [0.15, 0.2) is 54.7 Å². The van der Waals surface area contributed by atoms with E-state index in [2.05, 4.69) is 4.98 Å². The second kappa shape index (κ2) is 7.05. The maximum Gasteiger partial charge on any atom is 0.336 e. The van der Waals surface area contributed by atoms with Gasteiger partial charge in [-0.1, -0.05) is 0 Å². The SMILES string of the molecule is CN(c1ccc(F)cc1)c1ccc2c(C3=Cc4nccc(C(=O)O)c4C3)nn(C)c2c1. The highest BCUT2D eigenvalue weighted by Crippen LogP contribution is 2.36. The average Bonchev–Trinajstić information content (AvgIpc) is 3.34. The first kappa shape index (κ1) is 19.0. The van der Waals surface area contributed by atoms with Crippen LogP contribution in [0.3, 0.4) is 0 Å². The number of aromatic nitrogens is 3. The summed E-state index contributed by atoms with van der Waals surface area (Å²) >= 11 is 0. The predicted octanol–water partition coefficient (Wildman–Crippen LogP) is 4.67. The second-order valence-electron chi connectivity index (χ2n) is 7.58. The zero-order valence-corrected chi connectivity index (χ0v) is 17.0. The van der Waals surface area contributed by atoms with Crippen LogP contribution < -0.4 is 4.90 Å². The number of fused-ring (bicyclic) bond motifs is 2. The summed E-state index contributed by atoms with van der Waals surface area (Å²) in [5.74, 6) is -1.22. The molecule has 31 heavy (non-hydrogen) atoms. The van der Waals surface area contributed by atoms with Crippen LogP contribution in [0.25, 0.3) is 22.6 Å². The highest BCUT2D eigenvalue weighted by atomic mass is 19.1. The first-order chi connectivity index (χ1) is 14.9. The largest absolute Gasteiger partial charge is 0.478 e. The summed E-state index contributed by atoms with van der Waals surface area (Å²) in [4.78, 5) is 17.9. The van der Waals surface area contributed by atoms with Crippen molar-refractivity contribution in [3.05, 3.63) is 83.1 Å². The number of carbonyl (C=O) groups is 1. The summed E-state index contributed by atoms with van der Waals surface area (Å²) < 4.78 is 15.1. The molecule has 4 aromatic rings. The van der Waals surface area contributed by atoms with Crippen LogP contribution >= 0.6 is 0 Å². The number of pyridine rings is 1. The van der Waals surface area contributed by atoms with E-state index in [1.54, 1.807) is 12.1 Å². The van der Waals surface area contributed by atoms with E-state index in [9.17, 15) is 14.3 Å². The Labute approximate surface area is 177 Å². The van der Waals surface area contributed by atoms with Crippen molar-refractivity contribution in [1.29, 1.82) is 0 Å². The van der Waals surface area contributed by atoms with Crippen LogP contribution in [0.5, 0.6) is 0 Å². The lowest BCUT2D eigenvalue weighted by Gasteiger charge is -2.19. The summed E-state index contributed by atoms with van der Waals surface area (Å²) in [6.45, 7) is 0. The molecule has 0 bridgehead atoms. The Balaban J connectivity index is 1.53. The van der Waals surface area contributed by atoms with E-state index in [1.807, 2.05) is 48.0 Å². The van der Waals surface area contributed by atoms with Gasteiger partial charge in [-0.25, -0.2) is 9.18 Å². The van der Waals surface area contributed by atoms with Crippen molar-refractivity contribution in [3.8, 4) is 0 Å². The van der Waals surface area contributed by atoms with Gasteiger partial charge in [0.15, 0.2) is 0 Å². The average molecular weight is 414 g/mol. The van der Waals surface area contributed by atoms with E-state index in [0.717, 1.165) is 39.1 Å². The molecule has 0 fully saturated rings. The highest BCUT2D eigenvalue weighted by molar-refractivity contribution is 6.01. The van der Waals surface area contributed by atoms with Gasteiger partial charge in [0.2, 0.25) is 0 Å². The number of carboxylic acids is 1. The van der Waals surface area contributed by atoms with Crippen LogP contribution in [0.2, 0.25) is 0 Å². The summed E-state index contributed by atoms with van der Waals surface area (Å²) in [6.07, 6.45) is 3.92. The third kappa shape index (κ3) is 3.15. The van der Waals surface area contributed by atoms with Crippen LogP contribution in [0.4, 0.5) is 15.8 Å². The number of hydrogen-bond donors (Lipinski definition) is 1. The molecule has 7 heteroatoms. The third-order valence-electron chi connectivity index (χ3n) is 5.74. The van der Waals surface area contributed by atoms with Crippen LogP contribution in [-0.2, 0) is 13.5 Å². The zero-order chi connectivity index (χ0) is 21.7. The molecule has 0 radical (unpaired) electrons. The molecule has 2 aromatic carbocycles. The number of aromatic carboxylic acids is 1. The smallest absolute Gasteiger partial charge is 0.336 e. The van der Waals surface area contributed by atoms with Gasteiger partial charge in [0, 0.05) is 43.5 Å². The Morgan fingerprint density at radius 1 is 1.13 bits per heavy atom. The maximum absolute atomic E-state index is 13.3. The minimum atomic E-state index is -0.951. The number of nitrogens with zero attached hydrogens (tertiary/aromatic N) is 4. The standard InChI is InChI=1S/C24H19FN4O2/c1-28(16-5-3-15(25)4-6-16)17-7-8-19-22(13-17)29(2)27-23(19)14-11-20-18(24(30)31)9-10-26-21(20)12-14/h3-10,12-13H,11H2,1-2H3,(H,30,31). The van der Waals surface area contributed by atoms with Crippen molar-refractivity contribution in [3.63, 3.8) is 0 Å². The van der Waals surface area contributed by atoms with Crippen molar-refractivity contribution in [2.24, 2.45) is 7.05 Å². The second-order valence-corrected chi connectivity index (χ2v) is 7.58. The van der Waals surface area contributed by atoms with Crippen LogP contribution in [0, 0.1) is 5.82 Å². The Kier molecular flexibility index (Phi) is 4.32. The molecule has 1 aliphatic rings. The van der Waals surface area contributed by atoms with Crippen LogP contribution in [-0.4, -0.2) is 32.9 Å². The van der Waals surface area contributed by atoms with E-state index in [1.165, 1.54) is 24.4 Å². The Hall–Kier alpha value is -4.00. The lowest BCUT2D eigenvalue weighted by Crippen LogP contribution is -2.09. The molecule has 2 aromatic heterocycles. The molecule has 0 amide bonds. The Morgan fingerprint density at radius 2 is 1.87 bits per heavy atom. The molecule has 0 atom stereocenters. The molecular formula is C24H19FN4O2. The van der Waals surface area contributed by atoms with Crippen LogP contribution in [0.1, 0.15) is 27.3 Å². The van der Waals surface area contributed by atoms with Gasteiger partial charge in [0.05, 0.1) is 22.5 Å². The molecule has 0 saturated heterocycles. The van der Waals surface area contributed by atoms with E-state index < -0.39 is 5.97 Å². The summed E-state index contributed by atoms with van der Waals surface area (Å²) in [5, 5.41) is 15.2. The summed E-state index contributed by atoms with van der Waals surface area (Å²) in [7, 11) is 3.82. The number of allylic oxidation sites excluding steroid dienone is 1.